The average Bonchev–Trinajstić information content (AvgIpc) is 2.59. The summed E-state index contributed by atoms with van der Waals surface area (Å²) in [6.07, 6.45) is 10.5. The fourth-order valence-electron chi connectivity index (χ4n) is 2.72. The van der Waals surface area contributed by atoms with E-state index >= 15 is 0 Å². The second-order valence-corrected chi connectivity index (χ2v) is 6.88. The Morgan fingerprint density at radius 3 is 2.30 bits per heavy atom. The molecule has 0 N–H and O–H groups in total. The van der Waals surface area contributed by atoms with Crippen LogP contribution in [0.25, 0.3) is 0 Å². The van der Waals surface area contributed by atoms with Gasteiger partial charge in [-0.05, 0) is 25.0 Å². The van der Waals surface area contributed by atoms with Crippen molar-refractivity contribution in [3.8, 4) is 11.5 Å². The van der Waals surface area contributed by atoms with Crippen LogP contribution in [-0.4, -0.2) is 31.3 Å². The Bertz CT molecular complexity index is 425. The van der Waals surface area contributed by atoms with Crippen LogP contribution in [0, 0.1) is 0 Å². The van der Waals surface area contributed by atoms with Crippen molar-refractivity contribution in [3.63, 3.8) is 0 Å². The van der Waals surface area contributed by atoms with E-state index in [-0.39, 0.29) is 6.10 Å². The molecule has 0 radical (unpaired) electrons. The number of para-hydroxylation sites is 2. The zero-order valence-electron chi connectivity index (χ0n) is 14.0. The van der Waals surface area contributed by atoms with Crippen LogP contribution in [0.4, 0.5) is 0 Å². The van der Waals surface area contributed by atoms with Gasteiger partial charge in [0, 0.05) is 11.9 Å². The molecule has 0 amide bonds. The Kier molecular flexibility index (Phi) is 9.49. The van der Waals surface area contributed by atoms with E-state index in [0.29, 0.717) is 13.2 Å². The van der Waals surface area contributed by atoms with Crippen molar-refractivity contribution in [1.29, 1.82) is 0 Å². The molecule has 1 heterocycles. The minimum atomic E-state index is 0.0133. The summed E-state index contributed by atoms with van der Waals surface area (Å²) in [5.74, 6) is 1.66. The van der Waals surface area contributed by atoms with Crippen molar-refractivity contribution in [2.75, 3.05) is 25.2 Å². The van der Waals surface area contributed by atoms with E-state index in [1.165, 1.54) is 44.9 Å². The van der Waals surface area contributed by atoms with Gasteiger partial charge in [-0.15, -0.1) is 0 Å². The Hall–Kier alpha value is -0.740. The molecule has 0 saturated heterocycles. The van der Waals surface area contributed by atoms with Crippen LogP contribution < -0.4 is 9.47 Å². The quantitative estimate of drug-likeness (QED) is 0.358. The number of ether oxygens (including phenoxy) is 3. The van der Waals surface area contributed by atoms with Crippen molar-refractivity contribution < 1.29 is 14.2 Å². The van der Waals surface area contributed by atoms with Gasteiger partial charge < -0.3 is 14.2 Å². The molecule has 0 saturated carbocycles. The zero-order chi connectivity index (χ0) is 16.2. The van der Waals surface area contributed by atoms with Gasteiger partial charge in [0.05, 0.1) is 6.61 Å². The molecule has 3 nitrogen and oxygen atoms in total. The molecule has 1 aromatic rings. The van der Waals surface area contributed by atoms with E-state index in [0.717, 1.165) is 29.9 Å². The lowest BCUT2D eigenvalue weighted by Gasteiger charge is -2.26. The predicted octanol–water partition coefficient (Wildman–Crippen LogP) is 5.36. The van der Waals surface area contributed by atoms with Crippen LogP contribution in [0.1, 0.15) is 51.4 Å². The van der Waals surface area contributed by atoms with Crippen molar-refractivity contribution in [1.82, 2.24) is 0 Å². The first-order chi connectivity index (χ1) is 11.4. The molecule has 1 unspecified atom stereocenters. The van der Waals surface area contributed by atoms with Gasteiger partial charge in [0.1, 0.15) is 6.61 Å². The second kappa shape index (κ2) is 11.7. The maximum Gasteiger partial charge on any atom is 0.161 e. The third-order valence-electron chi connectivity index (χ3n) is 4.04. The Labute approximate surface area is 148 Å². The third-order valence-corrected chi connectivity index (χ3v) is 4.60. The van der Waals surface area contributed by atoms with Crippen LogP contribution in [0.3, 0.4) is 0 Å². The highest BCUT2D eigenvalue weighted by Gasteiger charge is 2.20. The first-order valence-electron chi connectivity index (χ1n) is 8.92. The van der Waals surface area contributed by atoms with Gasteiger partial charge in [-0.25, -0.2) is 0 Å². The Balaban J connectivity index is 1.41. The van der Waals surface area contributed by atoms with E-state index in [2.05, 4.69) is 15.9 Å². The van der Waals surface area contributed by atoms with E-state index in [4.69, 9.17) is 14.2 Å². The van der Waals surface area contributed by atoms with Gasteiger partial charge in [0.15, 0.2) is 17.6 Å². The molecule has 4 heteroatoms. The molecule has 1 aromatic carbocycles. The van der Waals surface area contributed by atoms with Gasteiger partial charge in [0.2, 0.25) is 0 Å². The van der Waals surface area contributed by atoms with E-state index in [1.807, 2.05) is 24.3 Å². The van der Waals surface area contributed by atoms with Crippen LogP contribution in [0.15, 0.2) is 24.3 Å². The van der Waals surface area contributed by atoms with Crippen LogP contribution >= 0.6 is 15.9 Å². The molecule has 0 spiro atoms. The van der Waals surface area contributed by atoms with Gasteiger partial charge in [-0.2, -0.15) is 0 Å². The van der Waals surface area contributed by atoms with E-state index in [1.54, 1.807) is 0 Å². The number of rotatable bonds is 12. The lowest BCUT2D eigenvalue weighted by atomic mass is 10.1. The van der Waals surface area contributed by atoms with Crippen LogP contribution in [0.5, 0.6) is 11.5 Å². The lowest BCUT2D eigenvalue weighted by Crippen LogP contribution is -2.33. The summed E-state index contributed by atoms with van der Waals surface area (Å²) in [5.41, 5.74) is 0. The minimum absolute atomic E-state index is 0.0133. The average molecular weight is 385 g/mol. The highest BCUT2D eigenvalue weighted by molar-refractivity contribution is 9.09. The van der Waals surface area contributed by atoms with Gasteiger partial charge >= 0.3 is 0 Å². The SMILES string of the molecule is BrCCCCCCCCCCOCC1COc2ccccc2O1. The summed E-state index contributed by atoms with van der Waals surface area (Å²) >= 11 is 3.47. The van der Waals surface area contributed by atoms with Crippen LogP contribution in [0.2, 0.25) is 0 Å². The molecule has 0 aliphatic carbocycles. The highest BCUT2D eigenvalue weighted by Crippen LogP contribution is 2.30. The number of halogens is 1. The Morgan fingerprint density at radius 2 is 1.57 bits per heavy atom. The molecule has 1 aliphatic heterocycles. The number of benzene rings is 1. The number of fused-ring (bicyclic) bond motifs is 1. The second-order valence-electron chi connectivity index (χ2n) is 6.09. The monoisotopic (exact) mass is 384 g/mol. The standard InChI is InChI=1S/C19H29BrO3/c20-13-9-5-3-1-2-4-6-10-14-21-15-17-16-22-18-11-7-8-12-19(18)23-17/h7-8,11-12,17H,1-6,9-10,13-16H2. The first-order valence-corrected chi connectivity index (χ1v) is 10.0. The lowest BCUT2D eigenvalue weighted by molar-refractivity contribution is 0.00778. The van der Waals surface area contributed by atoms with E-state index in [9.17, 15) is 0 Å². The summed E-state index contributed by atoms with van der Waals surface area (Å²) in [5, 5.41) is 1.14. The molecular weight excluding hydrogens is 356 g/mol. The smallest absolute Gasteiger partial charge is 0.161 e. The summed E-state index contributed by atoms with van der Waals surface area (Å²) in [4.78, 5) is 0. The van der Waals surface area contributed by atoms with Gasteiger partial charge in [-0.1, -0.05) is 66.6 Å². The summed E-state index contributed by atoms with van der Waals surface area (Å²) in [6.45, 7) is 2.01. The maximum absolute atomic E-state index is 5.87. The fourth-order valence-corrected chi connectivity index (χ4v) is 3.12. The maximum atomic E-state index is 5.87. The fraction of sp³-hybridized carbons (Fsp3) is 0.684. The number of hydrogen-bond acceptors (Lipinski definition) is 3. The predicted molar refractivity (Wildman–Crippen MR) is 97.9 cm³/mol. The normalized spacial score (nSPS) is 16.5. The number of unbranched alkanes of at least 4 members (excludes halogenated alkanes) is 7. The van der Waals surface area contributed by atoms with Crippen molar-refractivity contribution in [2.24, 2.45) is 0 Å². The van der Waals surface area contributed by atoms with E-state index < -0.39 is 0 Å². The first kappa shape index (κ1) is 18.6. The van der Waals surface area contributed by atoms with Crippen molar-refractivity contribution in [2.45, 2.75) is 57.5 Å². The zero-order valence-corrected chi connectivity index (χ0v) is 15.6. The largest absolute Gasteiger partial charge is 0.486 e. The molecule has 0 bridgehead atoms. The van der Waals surface area contributed by atoms with Crippen LogP contribution in [-0.2, 0) is 4.74 Å². The highest BCUT2D eigenvalue weighted by atomic mass is 79.9. The molecule has 130 valence electrons. The van der Waals surface area contributed by atoms with Gasteiger partial charge in [0.25, 0.3) is 0 Å². The molecule has 1 aliphatic rings. The molecule has 0 aromatic heterocycles. The number of hydrogen-bond donors (Lipinski definition) is 0. The topological polar surface area (TPSA) is 27.7 Å². The molecule has 1 atom stereocenters. The molecule has 23 heavy (non-hydrogen) atoms. The minimum Gasteiger partial charge on any atom is -0.486 e. The van der Waals surface area contributed by atoms with Gasteiger partial charge in [-0.3, -0.25) is 0 Å². The summed E-state index contributed by atoms with van der Waals surface area (Å²) < 4.78 is 17.3. The summed E-state index contributed by atoms with van der Waals surface area (Å²) in [6, 6.07) is 7.80. The Morgan fingerprint density at radius 1 is 0.913 bits per heavy atom. The molecule has 0 fully saturated rings. The molecular formula is C19H29BrO3. The third kappa shape index (κ3) is 7.58. The van der Waals surface area contributed by atoms with Crippen molar-refractivity contribution >= 4 is 15.9 Å². The molecule has 2 rings (SSSR count). The summed E-state index contributed by atoms with van der Waals surface area (Å²) in [7, 11) is 0. The van der Waals surface area contributed by atoms with Crippen molar-refractivity contribution in [3.05, 3.63) is 24.3 Å². The number of alkyl halides is 1.